The van der Waals surface area contributed by atoms with Gasteiger partial charge in [0.2, 0.25) is 5.91 Å². The highest BCUT2D eigenvalue weighted by molar-refractivity contribution is 5.84. The van der Waals surface area contributed by atoms with Crippen LogP contribution < -0.4 is 5.32 Å². The molecule has 0 bridgehead atoms. The second-order valence-corrected chi connectivity index (χ2v) is 4.59. The van der Waals surface area contributed by atoms with Crippen LogP contribution >= 0.6 is 0 Å². The summed E-state index contributed by atoms with van der Waals surface area (Å²) < 4.78 is 42.1. The summed E-state index contributed by atoms with van der Waals surface area (Å²) in [6.07, 6.45) is -4.71. The molecule has 1 aromatic rings. The number of carbonyl (C=O) groups is 2. The lowest BCUT2D eigenvalue weighted by molar-refractivity contribution is -0.147. The maximum atomic E-state index is 12.4. The van der Waals surface area contributed by atoms with Gasteiger partial charge in [-0.2, -0.15) is 13.2 Å². The largest absolute Gasteiger partial charge is 0.464 e. The van der Waals surface area contributed by atoms with Crippen LogP contribution in [0.25, 0.3) is 0 Å². The fourth-order valence-electron chi connectivity index (χ4n) is 1.91. The van der Waals surface area contributed by atoms with Gasteiger partial charge >= 0.3 is 12.1 Å². The van der Waals surface area contributed by atoms with Crippen molar-refractivity contribution >= 4 is 11.9 Å². The number of amides is 1. The summed E-state index contributed by atoms with van der Waals surface area (Å²) in [7, 11) is 0. The summed E-state index contributed by atoms with van der Waals surface area (Å²) in [4.78, 5) is 23.3. The van der Waals surface area contributed by atoms with E-state index in [-0.39, 0.29) is 6.61 Å². The number of halogens is 3. The number of benzene rings is 1. The molecule has 0 saturated heterocycles. The normalized spacial score (nSPS) is 13.3. The van der Waals surface area contributed by atoms with Gasteiger partial charge in [0.15, 0.2) is 0 Å². The van der Waals surface area contributed by atoms with Gasteiger partial charge in [-0.15, -0.1) is 0 Å². The molecule has 2 atom stereocenters. The van der Waals surface area contributed by atoms with Crippen molar-refractivity contribution in [1.29, 1.82) is 0 Å². The van der Waals surface area contributed by atoms with Crippen molar-refractivity contribution in [2.24, 2.45) is 0 Å². The Labute approximate surface area is 132 Å². The van der Waals surface area contributed by atoms with Crippen LogP contribution in [-0.2, 0) is 14.3 Å². The molecule has 0 aromatic heterocycles. The maximum Gasteiger partial charge on any atom is 0.457 e. The van der Waals surface area contributed by atoms with Crippen molar-refractivity contribution in [2.45, 2.75) is 32.0 Å². The van der Waals surface area contributed by atoms with Gasteiger partial charge in [-0.05, 0) is 12.5 Å². The lowest BCUT2D eigenvalue weighted by Gasteiger charge is -2.22. The summed E-state index contributed by atoms with van der Waals surface area (Å²) in [5.74, 6) is 0.601. The predicted octanol–water partition coefficient (Wildman–Crippen LogP) is 2.40. The standard InChI is InChI=1S/C16H16F3NO3/c1-3-23-15(22)14(20-11(2)21)13(9-10-16(17,18)19)12-7-5-4-6-8-12/h4-8,13-14H,3H2,1-2H3,(H,20,21)/t13-,14+/m1/s1. The number of alkyl halides is 3. The highest BCUT2D eigenvalue weighted by atomic mass is 19.4. The van der Waals surface area contributed by atoms with Crippen LogP contribution in [0.5, 0.6) is 0 Å². The molecule has 4 nitrogen and oxygen atoms in total. The number of hydrogen-bond donors (Lipinski definition) is 1. The minimum Gasteiger partial charge on any atom is -0.464 e. The molecule has 0 aliphatic carbocycles. The third kappa shape index (κ3) is 6.43. The van der Waals surface area contributed by atoms with E-state index in [4.69, 9.17) is 4.74 Å². The van der Waals surface area contributed by atoms with Crippen LogP contribution in [0.2, 0.25) is 0 Å². The van der Waals surface area contributed by atoms with Crippen LogP contribution in [-0.4, -0.2) is 30.7 Å². The molecule has 1 aromatic carbocycles. The van der Waals surface area contributed by atoms with Crippen molar-refractivity contribution in [2.75, 3.05) is 6.61 Å². The number of esters is 1. The molecule has 23 heavy (non-hydrogen) atoms. The first-order chi connectivity index (χ1) is 10.7. The summed E-state index contributed by atoms with van der Waals surface area (Å²) >= 11 is 0. The summed E-state index contributed by atoms with van der Waals surface area (Å²) in [6.45, 7) is 2.75. The SMILES string of the molecule is CCOC(=O)[C@@H](NC(C)=O)[C@H](C#CC(F)(F)F)c1ccccc1. The van der Waals surface area contributed by atoms with Gasteiger partial charge in [0.05, 0.1) is 12.5 Å². The highest BCUT2D eigenvalue weighted by Crippen LogP contribution is 2.22. The fraction of sp³-hybridized carbons (Fsp3) is 0.375. The van der Waals surface area contributed by atoms with Crippen LogP contribution in [0.3, 0.4) is 0 Å². The second kappa shape index (κ2) is 8.22. The predicted molar refractivity (Wildman–Crippen MR) is 77.3 cm³/mol. The van der Waals surface area contributed by atoms with Crippen molar-refractivity contribution in [3.05, 3.63) is 35.9 Å². The molecular weight excluding hydrogens is 311 g/mol. The van der Waals surface area contributed by atoms with Crippen LogP contribution in [0.1, 0.15) is 25.3 Å². The summed E-state index contributed by atoms with van der Waals surface area (Å²) in [6, 6.07) is 6.62. The zero-order valence-corrected chi connectivity index (χ0v) is 12.6. The number of hydrogen-bond acceptors (Lipinski definition) is 3. The molecule has 0 radical (unpaired) electrons. The van der Waals surface area contributed by atoms with Crippen molar-refractivity contribution in [3.8, 4) is 11.8 Å². The molecule has 0 heterocycles. The molecule has 0 aliphatic rings. The first kappa shape index (κ1) is 18.6. The van der Waals surface area contributed by atoms with Gasteiger partial charge in [-0.1, -0.05) is 36.3 Å². The first-order valence-corrected chi connectivity index (χ1v) is 6.82. The lowest BCUT2D eigenvalue weighted by Crippen LogP contribution is -2.44. The Hall–Kier alpha value is -2.49. The number of carbonyl (C=O) groups excluding carboxylic acids is 2. The van der Waals surface area contributed by atoms with E-state index in [0.717, 1.165) is 12.8 Å². The monoisotopic (exact) mass is 327 g/mol. The minimum absolute atomic E-state index is 0.0309. The fourth-order valence-corrected chi connectivity index (χ4v) is 1.91. The topological polar surface area (TPSA) is 55.4 Å². The second-order valence-electron chi connectivity index (χ2n) is 4.59. The molecule has 1 rings (SSSR count). The van der Waals surface area contributed by atoms with E-state index >= 15 is 0 Å². The molecule has 1 N–H and O–H groups in total. The summed E-state index contributed by atoms with van der Waals surface area (Å²) in [5, 5.41) is 2.32. The summed E-state index contributed by atoms with van der Waals surface area (Å²) in [5.41, 5.74) is 0.371. The molecular formula is C16H16F3NO3. The Balaban J connectivity index is 3.28. The van der Waals surface area contributed by atoms with E-state index in [1.807, 2.05) is 5.92 Å². The average molecular weight is 327 g/mol. The number of ether oxygens (including phenoxy) is 1. The van der Waals surface area contributed by atoms with E-state index in [1.165, 1.54) is 12.1 Å². The average Bonchev–Trinajstić information content (AvgIpc) is 2.46. The first-order valence-electron chi connectivity index (χ1n) is 6.82. The molecule has 1 amide bonds. The number of rotatable bonds is 5. The minimum atomic E-state index is -4.71. The van der Waals surface area contributed by atoms with Gasteiger partial charge < -0.3 is 10.1 Å². The van der Waals surface area contributed by atoms with E-state index in [9.17, 15) is 22.8 Å². The molecule has 0 spiro atoms. The maximum absolute atomic E-state index is 12.4. The van der Waals surface area contributed by atoms with Gasteiger partial charge in [0, 0.05) is 12.8 Å². The molecule has 0 saturated carbocycles. The van der Waals surface area contributed by atoms with E-state index in [2.05, 4.69) is 5.32 Å². The smallest absolute Gasteiger partial charge is 0.457 e. The zero-order valence-electron chi connectivity index (χ0n) is 12.6. The molecule has 0 unspecified atom stereocenters. The van der Waals surface area contributed by atoms with Gasteiger partial charge in [-0.25, -0.2) is 4.79 Å². The lowest BCUT2D eigenvalue weighted by atomic mass is 9.91. The van der Waals surface area contributed by atoms with Crippen molar-refractivity contribution in [3.63, 3.8) is 0 Å². The van der Waals surface area contributed by atoms with Crippen LogP contribution in [0.15, 0.2) is 30.3 Å². The molecule has 0 fully saturated rings. The van der Waals surface area contributed by atoms with Gasteiger partial charge in [0.1, 0.15) is 6.04 Å². The highest BCUT2D eigenvalue weighted by Gasteiger charge is 2.32. The number of nitrogens with one attached hydrogen (secondary N) is 1. The zero-order chi connectivity index (χ0) is 17.5. The van der Waals surface area contributed by atoms with Crippen molar-refractivity contribution in [1.82, 2.24) is 5.32 Å². The Bertz CT molecular complexity index is 602. The Morgan fingerprint density at radius 1 is 1.26 bits per heavy atom. The van der Waals surface area contributed by atoms with E-state index in [0.29, 0.717) is 5.56 Å². The third-order valence-corrected chi connectivity index (χ3v) is 2.76. The third-order valence-electron chi connectivity index (χ3n) is 2.76. The Morgan fingerprint density at radius 2 is 1.87 bits per heavy atom. The van der Waals surface area contributed by atoms with Crippen LogP contribution in [0.4, 0.5) is 13.2 Å². The van der Waals surface area contributed by atoms with Crippen LogP contribution in [0, 0.1) is 11.8 Å². The quantitative estimate of drug-likeness (QED) is 0.667. The Morgan fingerprint density at radius 3 is 2.35 bits per heavy atom. The van der Waals surface area contributed by atoms with Gasteiger partial charge in [0.25, 0.3) is 0 Å². The van der Waals surface area contributed by atoms with Gasteiger partial charge in [-0.3, -0.25) is 4.79 Å². The van der Waals surface area contributed by atoms with Crippen molar-refractivity contribution < 1.29 is 27.5 Å². The van der Waals surface area contributed by atoms with E-state index in [1.54, 1.807) is 25.1 Å². The van der Waals surface area contributed by atoms with E-state index < -0.39 is 30.0 Å². The molecule has 124 valence electrons. The molecule has 0 aliphatic heterocycles. The molecule has 7 heteroatoms. The Kier molecular flexibility index (Phi) is 6.64.